The van der Waals surface area contributed by atoms with Gasteiger partial charge in [0, 0.05) is 26.7 Å². The predicted octanol–water partition coefficient (Wildman–Crippen LogP) is 1.31. The number of nitrogens with zero attached hydrogens (tertiary/aromatic N) is 2. The van der Waals surface area contributed by atoms with E-state index in [1.165, 1.54) is 14.2 Å². The third kappa shape index (κ3) is 2.66. The molecule has 1 aromatic heterocycles. The van der Waals surface area contributed by atoms with Gasteiger partial charge in [-0.2, -0.15) is 5.10 Å². The topological polar surface area (TPSA) is 65.4 Å². The summed E-state index contributed by atoms with van der Waals surface area (Å²) in [6.07, 6.45) is -0.492. The molecule has 0 aliphatic carbocycles. The summed E-state index contributed by atoms with van der Waals surface area (Å²) in [4.78, 5) is 12.3. The minimum atomic E-state index is -0.492. The maximum absolute atomic E-state index is 12.3. The van der Waals surface area contributed by atoms with Crippen LogP contribution in [0.25, 0.3) is 10.9 Å². The highest BCUT2D eigenvalue weighted by molar-refractivity contribution is 6.04. The highest BCUT2D eigenvalue weighted by atomic mass is 16.7. The molecule has 1 atom stereocenters. The van der Waals surface area contributed by atoms with Gasteiger partial charge in [0.25, 0.3) is 5.91 Å². The Labute approximate surface area is 117 Å². The summed E-state index contributed by atoms with van der Waals surface area (Å²) in [5.74, 6) is -0.242. The first kappa shape index (κ1) is 14.5. The first-order valence-corrected chi connectivity index (χ1v) is 6.36. The van der Waals surface area contributed by atoms with Gasteiger partial charge >= 0.3 is 0 Å². The lowest BCUT2D eigenvalue weighted by molar-refractivity contribution is -0.117. The van der Waals surface area contributed by atoms with Crippen LogP contribution in [0.5, 0.6) is 0 Å². The summed E-state index contributed by atoms with van der Waals surface area (Å²) in [6.45, 7) is 1.82. The predicted molar refractivity (Wildman–Crippen MR) is 75.4 cm³/mol. The Morgan fingerprint density at radius 2 is 1.95 bits per heavy atom. The molecule has 0 aliphatic rings. The number of methoxy groups -OCH3 is 2. The van der Waals surface area contributed by atoms with Crippen molar-refractivity contribution in [2.45, 2.75) is 19.3 Å². The number of benzene rings is 1. The van der Waals surface area contributed by atoms with E-state index in [0.717, 1.165) is 10.9 Å². The lowest BCUT2D eigenvalue weighted by Crippen LogP contribution is -2.43. The van der Waals surface area contributed by atoms with Gasteiger partial charge < -0.3 is 14.8 Å². The van der Waals surface area contributed by atoms with Crippen molar-refractivity contribution >= 4 is 16.8 Å². The number of fused-ring (bicyclic) bond motifs is 1. The average molecular weight is 277 g/mol. The van der Waals surface area contributed by atoms with Crippen molar-refractivity contribution in [2.24, 2.45) is 7.05 Å². The van der Waals surface area contributed by atoms with Gasteiger partial charge in [-0.1, -0.05) is 18.2 Å². The monoisotopic (exact) mass is 277 g/mol. The second-order valence-corrected chi connectivity index (χ2v) is 4.59. The molecule has 0 fully saturated rings. The molecule has 2 rings (SSSR count). The quantitative estimate of drug-likeness (QED) is 0.837. The molecule has 2 aromatic rings. The van der Waals surface area contributed by atoms with Crippen molar-refractivity contribution in [2.75, 3.05) is 14.2 Å². The van der Waals surface area contributed by atoms with Crippen molar-refractivity contribution in [3.8, 4) is 0 Å². The van der Waals surface area contributed by atoms with Gasteiger partial charge in [0.05, 0.1) is 11.6 Å². The largest absolute Gasteiger partial charge is 0.354 e. The fourth-order valence-electron chi connectivity index (χ4n) is 2.23. The molecule has 0 bridgehead atoms. The Bertz CT molecular complexity index is 605. The first-order valence-electron chi connectivity index (χ1n) is 6.36. The summed E-state index contributed by atoms with van der Waals surface area (Å²) < 4.78 is 11.9. The van der Waals surface area contributed by atoms with E-state index in [1.54, 1.807) is 4.68 Å². The van der Waals surface area contributed by atoms with Crippen LogP contribution in [0.15, 0.2) is 24.3 Å². The summed E-state index contributed by atoms with van der Waals surface area (Å²) in [5, 5.41) is 7.94. The smallest absolute Gasteiger partial charge is 0.272 e. The van der Waals surface area contributed by atoms with Gasteiger partial charge in [-0.15, -0.1) is 0 Å². The zero-order valence-electron chi connectivity index (χ0n) is 12.1. The van der Waals surface area contributed by atoms with E-state index < -0.39 is 6.29 Å². The SMILES string of the molecule is COC(OC)C(C)NC(=O)c1nn(C)c2ccccc12. The number of hydrogen-bond donors (Lipinski definition) is 1. The van der Waals surface area contributed by atoms with E-state index in [9.17, 15) is 4.79 Å². The van der Waals surface area contributed by atoms with Gasteiger partial charge in [0.15, 0.2) is 12.0 Å². The second kappa shape index (κ2) is 6.02. The Kier molecular flexibility index (Phi) is 4.36. The minimum absolute atomic E-state index is 0.242. The highest BCUT2D eigenvalue weighted by Crippen LogP contribution is 2.17. The molecular weight excluding hydrogens is 258 g/mol. The lowest BCUT2D eigenvalue weighted by Gasteiger charge is -2.21. The van der Waals surface area contributed by atoms with E-state index in [4.69, 9.17) is 9.47 Å². The summed E-state index contributed by atoms with van der Waals surface area (Å²) in [7, 11) is 4.88. The first-order chi connectivity index (χ1) is 9.58. The third-order valence-electron chi connectivity index (χ3n) is 3.20. The van der Waals surface area contributed by atoms with Crippen LogP contribution < -0.4 is 5.32 Å². The number of amides is 1. The maximum atomic E-state index is 12.3. The van der Waals surface area contributed by atoms with Gasteiger partial charge in [-0.05, 0) is 13.0 Å². The number of para-hydroxylation sites is 1. The number of aromatic nitrogens is 2. The molecule has 0 spiro atoms. The van der Waals surface area contributed by atoms with Gasteiger partial charge in [-0.25, -0.2) is 0 Å². The number of carbonyl (C=O) groups excluding carboxylic acids is 1. The molecule has 1 heterocycles. The molecule has 0 saturated heterocycles. The van der Waals surface area contributed by atoms with Crippen LogP contribution in [-0.4, -0.2) is 42.2 Å². The number of ether oxygens (including phenoxy) is 2. The summed E-state index contributed by atoms with van der Waals surface area (Å²) in [5.41, 5.74) is 1.32. The zero-order chi connectivity index (χ0) is 14.7. The van der Waals surface area contributed by atoms with Crippen LogP contribution in [0, 0.1) is 0 Å². The van der Waals surface area contributed by atoms with E-state index in [1.807, 2.05) is 38.2 Å². The fourth-order valence-corrected chi connectivity index (χ4v) is 2.23. The molecule has 0 radical (unpaired) electrons. The molecule has 20 heavy (non-hydrogen) atoms. The van der Waals surface area contributed by atoms with Crippen LogP contribution in [-0.2, 0) is 16.5 Å². The van der Waals surface area contributed by atoms with Crippen LogP contribution >= 0.6 is 0 Å². The number of nitrogens with one attached hydrogen (secondary N) is 1. The molecule has 0 saturated carbocycles. The normalized spacial score (nSPS) is 12.8. The standard InChI is InChI=1S/C14H19N3O3/c1-9(14(19-3)20-4)15-13(18)12-10-7-5-6-8-11(10)17(2)16-12/h5-9,14H,1-4H3,(H,15,18). The maximum Gasteiger partial charge on any atom is 0.272 e. The number of carbonyl (C=O) groups is 1. The molecule has 1 amide bonds. The van der Waals surface area contributed by atoms with Crippen molar-refractivity contribution < 1.29 is 14.3 Å². The molecule has 6 heteroatoms. The number of hydrogen-bond acceptors (Lipinski definition) is 4. The van der Waals surface area contributed by atoms with Crippen molar-refractivity contribution in [1.82, 2.24) is 15.1 Å². The third-order valence-corrected chi connectivity index (χ3v) is 3.20. The number of rotatable bonds is 5. The van der Waals surface area contributed by atoms with Gasteiger partial charge in [0.1, 0.15) is 0 Å². The molecule has 0 aliphatic heterocycles. The average Bonchev–Trinajstić information content (AvgIpc) is 2.78. The molecular formula is C14H19N3O3. The van der Waals surface area contributed by atoms with Crippen LogP contribution in [0.1, 0.15) is 17.4 Å². The Balaban J connectivity index is 2.24. The van der Waals surface area contributed by atoms with Crippen molar-refractivity contribution in [3.63, 3.8) is 0 Å². The fraction of sp³-hybridized carbons (Fsp3) is 0.429. The van der Waals surface area contributed by atoms with Gasteiger partial charge in [-0.3, -0.25) is 9.48 Å². The summed E-state index contributed by atoms with van der Waals surface area (Å²) >= 11 is 0. The van der Waals surface area contributed by atoms with E-state index in [0.29, 0.717) is 5.69 Å². The Morgan fingerprint density at radius 3 is 2.60 bits per heavy atom. The van der Waals surface area contributed by atoms with E-state index in [2.05, 4.69) is 10.4 Å². The zero-order valence-corrected chi connectivity index (χ0v) is 12.1. The van der Waals surface area contributed by atoms with Crippen LogP contribution in [0.4, 0.5) is 0 Å². The Hall–Kier alpha value is -1.92. The van der Waals surface area contributed by atoms with Crippen molar-refractivity contribution in [1.29, 1.82) is 0 Å². The molecule has 1 aromatic carbocycles. The summed E-state index contributed by atoms with van der Waals surface area (Å²) in [6, 6.07) is 7.33. The van der Waals surface area contributed by atoms with Crippen molar-refractivity contribution in [3.05, 3.63) is 30.0 Å². The van der Waals surface area contributed by atoms with E-state index >= 15 is 0 Å². The Morgan fingerprint density at radius 1 is 1.30 bits per heavy atom. The van der Waals surface area contributed by atoms with Crippen LogP contribution in [0.2, 0.25) is 0 Å². The minimum Gasteiger partial charge on any atom is -0.354 e. The van der Waals surface area contributed by atoms with Crippen LogP contribution in [0.3, 0.4) is 0 Å². The molecule has 6 nitrogen and oxygen atoms in total. The molecule has 1 N–H and O–H groups in total. The molecule has 108 valence electrons. The number of aryl methyl sites for hydroxylation is 1. The highest BCUT2D eigenvalue weighted by Gasteiger charge is 2.22. The molecule has 1 unspecified atom stereocenters. The van der Waals surface area contributed by atoms with Gasteiger partial charge in [0.2, 0.25) is 0 Å². The lowest BCUT2D eigenvalue weighted by atomic mass is 10.2. The van der Waals surface area contributed by atoms with E-state index in [-0.39, 0.29) is 11.9 Å². The second-order valence-electron chi connectivity index (χ2n) is 4.59.